The van der Waals surface area contributed by atoms with Crippen LogP contribution in [0.4, 0.5) is 19.3 Å². The number of hydrogen-bond acceptors (Lipinski definition) is 7. The maximum Gasteiger partial charge on any atom is 0.415 e. The van der Waals surface area contributed by atoms with E-state index in [1.807, 2.05) is 0 Å². The molecule has 1 N–H and O–H groups in total. The number of halogens is 4. The quantitative estimate of drug-likeness (QED) is 0.148. The zero-order valence-electron chi connectivity index (χ0n) is 27.5. The molecule has 50 heavy (non-hydrogen) atoms. The third kappa shape index (κ3) is 7.96. The molecule has 3 aliphatic heterocycles. The zero-order chi connectivity index (χ0) is 35.4. The largest absolute Gasteiger partial charge is 0.493 e. The summed E-state index contributed by atoms with van der Waals surface area (Å²) in [5, 5.41) is 0.745. The van der Waals surface area contributed by atoms with Crippen LogP contribution in [0.3, 0.4) is 0 Å². The zero-order valence-corrected chi connectivity index (χ0v) is 29.0. The Morgan fingerprint density at radius 1 is 0.940 bits per heavy atom. The van der Waals surface area contributed by atoms with Crippen molar-refractivity contribution >= 4 is 41.0 Å². The molecule has 0 saturated carbocycles. The Hall–Kier alpha value is -4.45. The third-order valence-electron chi connectivity index (χ3n) is 9.21. The Kier molecular flexibility index (Phi) is 11.1. The van der Waals surface area contributed by atoms with Gasteiger partial charge in [-0.15, -0.1) is 0 Å². The van der Waals surface area contributed by atoms with Gasteiger partial charge in [0.2, 0.25) is 0 Å². The number of hydrogen-bond donors (Lipinski definition) is 0. The summed E-state index contributed by atoms with van der Waals surface area (Å²) in [5.74, 6) is -1.10. The van der Waals surface area contributed by atoms with Gasteiger partial charge in [-0.2, -0.15) is 0 Å². The van der Waals surface area contributed by atoms with Crippen LogP contribution in [-0.2, 0) is 22.4 Å². The summed E-state index contributed by atoms with van der Waals surface area (Å²) >= 11 is 12.9. The van der Waals surface area contributed by atoms with Crippen LogP contribution < -0.4 is 19.4 Å². The highest BCUT2D eigenvalue weighted by Gasteiger charge is 2.38. The number of nitrogens with zero attached hydrogens (tertiary/aromatic N) is 2. The molecule has 2 bridgehead atoms. The Balaban J connectivity index is 1.22. The number of fused-ring (bicyclic) bond motifs is 3. The average molecular weight is 728 g/mol. The molecule has 0 unspecified atom stereocenters. The molecule has 13 heteroatoms. The minimum absolute atomic E-state index is 0.0892. The number of piperidine rings is 3. The molecule has 3 fully saturated rings. The summed E-state index contributed by atoms with van der Waals surface area (Å²) in [6.45, 7) is 2.46. The summed E-state index contributed by atoms with van der Waals surface area (Å²) in [4.78, 5) is 33.4. The van der Waals surface area contributed by atoms with Crippen molar-refractivity contribution < 1.29 is 42.3 Å². The third-order valence-corrected chi connectivity index (χ3v) is 9.89. The van der Waals surface area contributed by atoms with Crippen LogP contribution in [0, 0.1) is 17.6 Å². The number of nitrogens with one attached hydrogen (secondary N) is 1. The first-order valence-corrected chi connectivity index (χ1v) is 16.9. The van der Waals surface area contributed by atoms with E-state index in [0.29, 0.717) is 44.8 Å². The number of amides is 1. The van der Waals surface area contributed by atoms with Crippen molar-refractivity contribution in [3.05, 3.63) is 117 Å². The molecule has 7 rings (SSSR count). The second-order valence-corrected chi connectivity index (χ2v) is 13.1. The average Bonchev–Trinajstić information content (AvgIpc) is 3.12. The number of H-pyrrole nitrogens is 1. The van der Waals surface area contributed by atoms with E-state index in [-0.39, 0.29) is 36.2 Å². The highest BCUT2D eigenvalue weighted by atomic mass is 35.5. The van der Waals surface area contributed by atoms with Gasteiger partial charge in [0.1, 0.15) is 33.9 Å². The Labute approximate surface area is 298 Å². The van der Waals surface area contributed by atoms with E-state index in [1.54, 1.807) is 54.9 Å². The fourth-order valence-corrected chi connectivity index (χ4v) is 6.98. The number of esters is 1. The molecule has 2 atom stereocenters. The normalized spacial score (nSPS) is 18.6. The maximum atomic E-state index is 15.0. The number of carbonyl (C=O) groups is 2. The van der Waals surface area contributed by atoms with Crippen LogP contribution in [0.15, 0.2) is 73.1 Å². The Morgan fingerprint density at radius 2 is 1.64 bits per heavy atom. The van der Waals surface area contributed by atoms with E-state index in [9.17, 15) is 14.0 Å². The topological polar surface area (TPSA) is 91.7 Å². The number of carbonyl (C=O) groups excluding carboxylic acids is 2. The lowest BCUT2D eigenvalue weighted by atomic mass is 9.86. The highest BCUT2D eigenvalue weighted by molar-refractivity contribution is 6.35. The lowest BCUT2D eigenvalue weighted by Crippen LogP contribution is -2.53. The van der Waals surface area contributed by atoms with Gasteiger partial charge in [0.05, 0.1) is 32.0 Å². The highest BCUT2D eigenvalue weighted by Crippen LogP contribution is 2.36. The van der Waals surface area contributed by atoms with Gasteiger partial charge in [-0.1, -0.05) is 41.4 Å². The van der Waals surface area contributed by atoms with Crippen molar-refractivity contribution in [2.24, 2.45) is 5.92 Å². The number of aromatic nitrogens is 1. The fraction of sp³-hybridized carbons (Fsp3) is 0.324. The SMILES string of the molecule is COc1ccc([C@H](Cc2c(Cl)c[nH+]cc2Cl)OC(=O)c2ccc(CN(C(=O)O[C@H]3CN4CCC3CC4)c3ccc(F)cc3F)cc2)cc1OC. The van der Waals surface area contributed by atoms with Crippen molar-refractivity contribution in [2.45, 2.75) is 38.0 Å². The molecule has 262 valence electrons. The van der Waals surface area contributed by atoms with Gasteiger partial charge in [-0.25, -0.2) is 23.4 Å². The van der Waals surface area contributed by atoms with Crippen LogP contribution >= 0.6 is 23.2 Å². The molecule has 0 spiro atoms. The van der Waals surface area contributed by atoms with E-state index < -0.39 is 29.8 Å². The summed E-state index contributed by atoms with van der Waals surface area (Å²) in [7, 11) is 3.03. The summed E-state index contributed by atoms with van der Waals surface area (Å²) < 4.78 is 51.6. The summed E-state index contributed by atoms with van der Waals surface area (Å²) in [6.07, 6.45) is 3.32. The predicted molar refractivity (Wildman–Crippen MR) is 183 cm³/mol. The van der Waals surface area contributed by atoms with Gasteiger partial charge in [-0.3, -0.25) is 9.80 Å². The molecule has 1 amide bonds. The van der Waals surface area contributed by atoms with Gasteiger partial charge in [0.25, 0.3) is 0 Å². The first-order valence-electron chi connectivity index (χ1n) is 16.1. The second-order valence-electron chi connectivity index (χ2n) is 12.3. The first kappa shape index (κ1) is 35.4. The molecule has 1 aromatic heterocycles. The molecule has 3 saturated heterocycles. The number of methoxy groups -OCH3 is 2. The van der Waals surface area contributed by atoms with E-state index in [0.717, 1.165) is 43.0 Å². The molecular weight excluding hydrogens is 691 g/mol. The molecule has 4 heterocycles. The van der Waals surface area contributed by atoms with Gasteiger partial charge in [-0.05, 0) is 79.4 Å². The Bertz CT molecular complexity index is 1840. The number of benzene rings is 3. The van der Waals surface area contributed by atoms with Gasteiger partial charge in [0.15, 0.2) is 23.9 Å². The van der Waals surface area contributed by atoms with Crippen LogP contribution in [0.2, 0.25) is 10.0 Å². The van der Waals surface area contributed by atoms with Crippen molar-refractivity contribution in [1.82, 2.24) is 4.90 Å². The molecular formula is C37H36Cl2F2N3O6+. The van der Waals surface area contributed by atoms with E-state index in [2.05, 4.69) is 9.88 Å². The Morgan fingerprint density at radius 3 is 2.26 bits per heavy atom. The number of rotatable bonds is 11. The maximum absolute atomic E-state index is 15.0. The van der Waals surface area contributed by atoms with Crippen LogP contribution in [0.25, 0.3) is 0 Å². The first-order chi connectivity index (χ1) is 24.1. The molecule has 3 aromatic carbocycles. The van der Waals surface area contributed by atoms with E-state index in [1.165, 1.54) is 20.3 Å². The van der Waals surface area contributed by atoms with E-state index >= 15 is 4.39 Å². The molecule has 0 aliphatic carbocycles. The van der Waals surface area contributed by atoms with E-state index in [4.69, 9.17) is 42.1 Å². The number of pyridine rings is 1. The lowest BCUT2D eigenvalue weighted by molar-refractivity contribution is -0.377. The van der Waals surface area contributed by atoms with Crippen LogP contribution in [-0.4, -0.2) is 56.9 Å². The van der Waals surface area contributed by atoms with Gasteiger partial charge >= 0.3 is 12.1 Å². The summed E-state index contributed by atoms with van der Waals surface area (Å²) in [6, 6.07) is 14.6. The molecule has 4 aromatic rings. The summed E-state index contributed by atoms with van der Waals surface area (Å²) in [5.41, 5.74) is 1.88. The number of aromatic amines is 1. The van der Waals surface area contributed by atoms with Crippen LogP contribution in [0.1, 0.15) is 46.0 Å². The van der Waals surface area contributed by atoms with Crippen molar-refractivity contribution in [2.75, 3.05) is 38.8 Å². The van der Waals surface area contributed by atoms with Crippen molar-refractivity contribution in [1.29, 1.82) is 0 Å². The standard InChI is InChI=1S/C37H35Cl2F2N3O6/c1-47-32-10-7-25(15-34(32)48-2)33(17-27-28(38)18-42-19-29(27)39)49-36(45)24-5-3-22(4-6-24)20-44(31-9-8-26(40)16-30(31)41)37(46)50-35-21-43-13-11-23(35)12-14-43/h3-10,15-16,18-19,23,33,35H,11-14,17,20-21H2,1-2H3/p+1/t33-,35-/m0/s1. The smallest absolute Gasteiger partial charge is 0.415 e. The molecule has 3 aliphatic rings. The van der Waals surface area contributed by atoms with Crippen LogP contribution in [0.5, 0.6) is 11.5 Å². The van der Waals surface area contributed by atoms with Crippen molar-refractivity contribution in [3.8, 4) is 11.5 Å². The van der Waals surface area contributed by atoms with Gasteiger partial charge < -0.3 is 18.9 Å². The van der Waals surface area contributed by atoms with Crippen molar-refractivity contribution in [3.63, 3.8) is 0 Å². The monoisotopic (exact) mass is 726 g/mol. The fourth-order valence-electron chi connectivity index (χ4n) is 6.45. The second kappa shape index (κ2) is 15.6. The molecule has 9 nitrogen and oxygen atoms in total. The number of anilines is 1. The molecule has 0 radical (unpaired) electrons. The minimum atomic E-state index is -0.895. The lowest BCUT2D eigenvalue weighted by Gasteiger charge is -2.44. The van der Waals surface area contributed by atoms with Gasteiger partial charge in [0, 0.05) is 24.6 Å². The predicted octanol–water partition coefficient (Wildman–Crippen LogP) is 7.48. The minimum Gasteiger partial charge on any atom is -0.493 e. The number of ether oxygens (including phenoxy) is 4.